The molecule has 2 heterocycles. The van der Waals surface area contributed by atoms with Crippen molar-refractivity contribution in [2.24, 2.45) is 5.73 Å². The molecule has 1 atom stereocenters. The molecular formula is C51H48N6O9S. The molecule has 0 bridgehead atoms. The van der Waals surface area contributed by atoms with E-state index >= 15 is 0 Å². The number of unbranched alkanes of at least 4 members (excludes halogenated alkanes) is 1. The third-order valence-electron chi connectivity index (χ3n) is 11.4. The van der Waals surface area contributed by atoms with Crippen LogP contribution in [0.1, 0.15) is 56.4 Å². The highest BCUT2D eigenvalue weighted by Crippen LogP contribution is 2.41. The van der Waals surface area contributed by atoms with Crippen molar-refractivity contribution in [3.05, 3.63) is 155 Å². The molecule has 16 heteroatoms. The van der Waals surface area contributed by atoms with Crippen molar-refractivity contribution < 1.29 is 42.5 Å². The summed E-state index contributed by atoms with van der Waals surface area (Å²) in [6.07, 6.45) is 3.10. The minimum absolute atomic E-state index is 0.0596. The quantitative estimate of drug-likeness (QED) is 0.0342. The SMILES string of the molecule is COc1cccc(Nc2c(C(N)=O)cnc3c(C)cc(S(=O)(=O)c4cccc(C(=O)Nc5cccc(-c6ccc(CCCCNCC(O)c7ccc(O)c8c7OCC(=O)N8)cc6)c5)c4)cc23)c1. The van der Waals surface area contributed by atoms with Crippen LogP contribution in [0.3, 0.4) is 0 Å². The Labute approximate surface area is 386 Å². The Morgan fingerprint density at radius 1 is 0.896 bits per heavy atom. The first kappa shape index (κ1) is 45.8. The van der Waals surface area contributed by atoms with Gasteiger partial charge >= 0.3 is 0 Å². The largest absolute Gasteiger partial charge is 0.506 e. The van der Waals surface area contributed by atoms with E-state index < -0.39 is 27.8 Å². The number of hydrogen-bond acceptors (Lipinski definition) is 12. The number of aryl methyl sites for hydroxylation is 2. The van der Waals surface area contributed by atoms with E-state index in [0.29, 0.717) is 45.7 Å². The minimum Gasteiger partial charge on any atom is -0.506 e. The number of pyridine rings is 1. The number of phenols is 1. The predicted molar refractivity (Wildman–Crippen MR) is 256 cm³/mol. The van der Waals surface area contributed by atoms with Crippen LogP contribution >= 0.6 is 0 Å². The second-order valence-corrected chi connectivity index (χ2v) is 18.0. The first-order chi connectivity index (χ1) is 32.3. The van der Waals surface area contributed by atoms with Gasteiger partial charge in [0, 0.05) is 46.7 Å². The average molecular weight is 921 g/mol. The molecule has 342 valence electrons. The van der Waals surface area contributed by atoms with Crippen molar-refractivity contribution in [1.82, 2.24) is 10.3 Å². The second-order valence-electron chi connectivity index (χ2n) is 16.1. The molecule has 0 radical (unpaired) electrons. The fourth-order valence-corrected chi connectivity index (χ4v) is 9.34. The zero-order chi connectivity index (χ0) is 47.2. The van der Waals surface area contributed by atoms with Gasteiger partial charge < -0.3 is 46.7 Å². The number of nitrogens with two attached hydrogens (primary N) is 1. The second kappa shape index (κ2) is 19.8. The molecule has 8 rings (SSSR count). The number of aromatic nitrogens is 1. The Morgan fingerprint density at radius 2 is 1.67 bits per heavy atom. The summed E-state index contributed by atoms with van der Waals surface area (Å²) in [5.74, 6) is -0.893. The van der Waals surface area contributed by atoms with Crippen LogP contribution in [0.15, 0.2) is 137 Å². The number of aliphatic hydroxyl groups excluding tert-OH is 1. The Morgan fingerprint density at radius 3 is 2.46 bits per heavy atom. The minimum atomic E-state index is -4.19. The number of phenolic OH excluding ortho intramolecular Hbond substituents is 1. The molecule has 0 fully saturated rings. The molecule has 3 amide bonds. The normalized spacial score (nSPS) is 12.7. The maximum Gasteiger partial charge on any atom is 0.262 e. The molecular weight excluding hydrogens is 873 g/mol. The summed E-state index contributed by atoms with van der Waals surface area (Å²) in [5.41, 5.74) is 12.0. The number of nitrogens with zero attached hydrogens (tertiary/aromatic N) is 1. The lowest BCUT2D eigenvalue weighted by molar-refractivity contribution is -0.118. The van der Waals surface area contributed by atoms with Gasteiger partial charge in [-0.3, -0.25) is 19.4 Å². The summed E-state index contributed by atoms with van der Waals surface area (Å²) in [7, 11) is -2.66. The van der Waals surface area contributed by atoms with Crippen molar-refractivity contribution in [3.63, 3.8) is 0 Å². The van der Waals surface area contributed by atoms with Gasteiger partial charge in [-0.05, 0) is 122 Å². The molecule has 67 heavy (non-hydrogen) atoms. The summed E-state index contributed by atoms with van der Waals surface area (Å²) < 4.78 is 39.4. The number of nitrogens with one attached hydrogen (secondary N) is 4. The molecule has 0 aliphatic carbocycles. The lowest BCUT2D eigenvalue weighted by Gasteiger charge is -2.23. The number of rotatable bonds is 17. The molecule has 0 spiro atoms. The first-order valence-electron chi connectivity index (χ1n) is 21.5. The van der Waals surface area contributed by atoms with E-state index in [1.807, 2.05) is 30.3 Å². The molecule has 1 aliphatic heterocycles. The van der Waals surface area contributed by atoms with Gasteiger partial charge in [0.2, 0.25) is 9.84 Å². The highest BCUT2D eigenvalue weighted by Gasteiger charge is 2.26. The number of primary amides is 1. The molecule has 8 N–H and O–H groups in total. The van der Waals surface area contributed by atoms with E-state index in [-0.39, 0.29) is 62.9 Å². The number of hydrogen-bond donors (Lipinski definition) is 7. The number of amides is 3. The molecule has 7 aromatic rings. The smallest absolute Gasteiger partial charge is 0.262 e. The predicted octanol–water partition coefficient (Wildman–Crippen LogP) is 7.83. The maximum absolute atomic E-state index is 14.3. The number of carbonyl (C=O) groups is 3. The lowest BCUT2D eigenvalue weighted by Crippen LogP contribution is -2.28. The van der Waals surface area contributed by atoms with Crippen molar-refractivity contribution in [2.75, 3.05) is 42.8 Å². The Hall–Kier alpha value is -7.79. The number of anilines is 4. The number of aromatic hydroxyl groups is 1. The number of aliphatic hydroxyl groups is 1. The first-order valence-corrected chi connectivity index (χ1v) is 22.9. The van der Waals surface area contributed by atoms with E-state index in [1.165, 1.54) is 49.7 Å². The van der Waals surface area contributed by atoms with Gasteiger partial charge in [-0.25, -0.2) is 8.42 Å². The van der Waals surface area contributed by atoms with Crippen LogP contribution in [0.5, 0.6) is 17.2 Å². The number of benzene rings is 6. The maximum atomic E-state index is 14.3. The topological polar surface area (TPSA) is 231 Å². The van der Waals surface area contributed by atoms with E-state index in [2.05, 4.69) is 38.4 Å². The zero-order valence-corrected chi connectivity index (χ0v) is 37.4. The van der Waals surface area contributed by atoms with E-state index in [0.717, 1.165) is 36.0 Å². The van der Waals surface area contributed by atoms with Crippen LogP contribution in [-0.4, -0.2) is 68.1 Å². The van der Waals surface area contributed by atoms with Crippen LogP contribution in [0.2, 0.25) is 0 Å². The van der Waals surface area contributed by atoms with Crippen molar-refractivity contribution >= 4 is 61.2 Å². The molecule has 0 saturated carbocycles. The van der Waals surface area contributed by atoms with Gasteiger partial charge in [-0.1, -0.05) is 48.5 Å². The summed E-state index contributed by atoms with van der Waals surface area (Å²) in [6, 6.07) is 34.4. The van der Waals surface area contributed by atoms with Crippen LogP contribution in [0.4, 0.5) is 22.7 Å². The number of ether oxygens (including phenoxy) is 2. The molecule has 0 saturated heterocycles. The number of carbonyl (C=O) groups excluding carboxylic acids is 3. The fourth-order valence-electron chi connectivity index (χ4n) is 7.92. The van der Waals surface area contributed by atoms with Crippen LogP contribution in [0, 0.1) is 6.92 Å². The Bertz CT molecular complexity index is 3140. The Balaban J connectivity index is 0.892. The molecule has 6 aromatic carbocycles. The number of methoxy groups -OCH3 is 1. The number of fused-ring (bicyclic) bond motifs is 2. The molecule has 1 unspecified atom stereocenters. The molecule has 15 nitrogen and oxygen atoms in total. The van der Waals surface area contributed by atoms with Gasteiger partial charge in [-0.2, -0.15) is 0 Å². The van der Waals surface area contributed by atoms with Crippen LogP contribution in [-0.2, 0) is 21.1 Å². The zero-order valence-electron chi connectivity index (χ0n) is 36.6. The molecule has 1 aliphatic rings. The van der Waals surface area contributed by atoms with E-state index in [9.17, 15) is 33.0 Å². The van der Waals surface area contributed by atoms with Gasteiger partial charge in [-0.15, -0.1) is 0 Å². The average Bonchev–Trinajstić information content (AvgIpc) is 3.33. The summed E-state index contributed by atoms with van der Waals surface area (Å²) in [6.45, 7) is 2.50. The third kappa shape index (κ3) is 10.2. The lowest BCUT2D eigenvalue weighted by atomic mass is 10.0. The van der Waals surface area contributed by atoms with E-state index in [4.69, 9.17) is 15.2 Å². The van der Waals surface area contributed by atoms with Crippen molar-refractivity contribution in [1.29, 1.82) is 0 Å². The highest BCUT2D eigenvalue weighted by molar-refractivity contribution is 7.91. The van der Waals surface area contributed by atoms with Gasteiger partial charge in [0.05, 0.1) is 39.8 Å². The van der Waals surface area contributed by atoms with Crippen molar-refractivity contribution in [2.45, 2.75) is 42.1 Å². The third-order valence-corrected chi connectivity index (χ3v) is 13.1. The highest BCUT2D eigenvalue weighted by atomic mass is 32.2. The molecule has 1 aromatic heterocycles. The standard InChI is InChI=1S/C51H48N6O9S/c1-30-22-39(26-41-46(30)54-27-42(50(52)61)47(41)55-36-12-7-13-37(25-36)65-2)67(63,64)38-14-6-10-34(24-38)51(62)56-35-11-5-9-33(23-35)32-17-15-31(16-18-32)8-3-4-21-53-28-44(59)40-19-20-43(58)48-49(40)66-29-45(60)57-48/h5-7,9-20,22-27,44,53,58-59H,3-4,8,21,28-29H2,1-2H3,(H2,52,61)(H,54,55)(H,56,62)(H,57,60). The van der Waals surface area contributed by atoms with E-state index in [1.54, 1.807) is 49.4 Å². The fraction of sp³-hybridized carbons (Fsp3) is 0.176. The summed E-state index contributed by atoms with van der Waals surface area (Å²) in [5, 5.41) is 33.2. The van der Waals surface area contributed by atoms with Gasteiger partial charge in [0.15, 0.2) is 12.4 Å². The number of sulfone groups is 1. The summed E-state index contributed by atoms with van der Waals surface area (Å²) in [4.78, 5) is 42.2. The van der Waals surface area contributed by atoms with Crippen LogP contribution in [0.25, 0.3) is 22.0 Å². The monoisotopic (exact) mass is 920 g/mol. The van der Waals surface area contributed by atoms with Crippen molar-refractivity contribution in [3.8, 4) is 28.4 Å². The Kier molecular flexibility index (Phi) is 13.5. The van der Waals surface area contributed by atoms with Gasteiger partial charge in [0.1, 0.15) is 17.2 Å². The van der Waals surface area contributed by atoms with Crippen LogP contribution < -0.4 is 36.5 Å². The summed E-state index contributed by atoms with van der Waals surface area (Å²) >= 11 is 0. The van der Waals surface area contributed by atoms with Gasteiger partial charge in [0.25, 0.3) is 17.7 Å².